The van der Waals surface area contributed by atoms with Crippen molar-refractivity contribution in [2.75, 3.05) is 0 Å². The molecule has 1 fully saturated rings. The molecule has 122 valence electrons. The molecule has 1 heterocycles. The minimum atomic E-state index is -4.56. The third kappa shape index (κ3) is 3.38. The lowest BCUT2D eigenvalue weighted by atomic mass is 10.1. The second-order valence-corrected chi connectivity index (χ2v) is 5.68. The normalized spacial score (nSPS) is 14.8. The van der Waals surface area contributed by atoms with Gasteiger partial charge in [0.2, 0.25) is 0 Å². The zero-order valence-corrected chi connectivity index (χ0v) is 12.5. The maximum absolute atomic E-state index is 12.9. The summed E-state index contributed by atoms with van der Waals surface area (Å²) in [6, 6.07) is 6.65. The molecule has 0 saturated heterocycles. The molecule has 0 unspecified atom stereocenters. The summed E-state index contributed by atoms with van der Waals surface area (Å²) < 4.78 is 40.6. The molecule has 0 atom stereocenters. The van der Waals surface area contributed by atoms with Crippen LogP contribution < -0.4 is 5.32 Å². The molecule has 3 rings (SSSR count). The number of carbonyl (C=O) groups is 1. The fraction of sp³-hybridized carbons (Fsp3) is 0.375. The highest BCUT2D eigenvalue weighted by Crippen LogP contribution is 2.40. The largest absolute Gasteiger partial charge is 0.417 e. The SMILES string of the molecule is Cn1nc(CNC(=O)c2ccccc2C(F)(F)F)cc1C1CC1. The van der Waals surface area contributed by atoms with Crippen LogP contribution >= 0.6 is 0 Å². The number of rotatable bonds is 4. The van der Waals surface area contributed by atoms with Gasteiger partial charge in [0.25, 0.3) is 5.91 Å². The highest BCUT2D eigenvalue weighted by Gasteiger charge is 2.34. The maximum atomic E-state index is 12.9. The zero-order chi connectivity index (χ0) is 16.6. The fourth-order valence-electron chi connectivity index (χ4n) is 2.59. The van der Waals surface area contributed by atoms with Gasteiger partial charge < -0.3 is 5.32 Å². The maximum Gasteiger partial charge on any atom is 0.417 e. The van der Waals surface area contributed by atoms with Gasteiger partial charge in [-0.2, -0.15) is 18.3 Å². The van der Waals surface area contributed by atoms with Gasteiger partial charge >= 0.3 is 6.18 Å². The highest BCUT2D eigenvalue weighted by atomic mass is 19.4. The zero-order valence-electron chi connectivity index (χ0n) is 12.5. The first kappa shape index (κ1) is 15.6. The van der Waals surface area contributed by atoms with Crippen molar-refractivity contribution >= 4 is 5.91 Å². The number of alkyl halides is 3. The van der Waals surface area contributed by atoms with E-state index in [0.29, 0.717) is 11.6 Å². The molecule has 1 aliphatic carbocycles. The lowest BCUT2D eigenvalue weighted by Crippen LogP contribution is -2.26. The topological polar surface area (TPSA) is 46.9 Å². The first-order chi connectivity index (χ1) is 10.9. The summed E-state index contributed by atoms with van der Waals surface area (Å²) in [6.07, 6.45) is -2.30. The van der Waals surface area contributed by atoms with Crippen molar-refractivity contribution in [3.05, 3.63) is 52.8 Å². The van der Waals surface area contributed by atoms with Gasteiger partial charge in [0.05, 0.1) is 23.4 Å². The predicted octanol–water partition coefficient (Wildman–Crippen LogP) is 3.25. The lowest BCUT2D eigenvalue weighted by molar-refractivity contribution is -0.137. The summed E-state index contributed by atoms with van der Waals surface area (Å²) >= 11 is 0. The molecule has 1 saturated carbocycles. The first-order valence-corrected chi connectivity index (χ1v) is 7.33. The molecule has 2 aromatic rings. The van der Waals surface area contributed by atoms with Crippen LogP contribution in [-0.2, 0) is 19.8 Å². The van der Waals surface area contributed by atoms with Crippen LogP contribution in [0.1, 0.15) is 46.1 Å². The van der Waals surface area contributed by atoms with Gasteiger partial charge in [-0.15, -0.1) is 0 Å². The Morgan fingerprint density at radius 1 is 1.35 bits per heavy atom. The average molecular weight is 323 g/mol. The van der Waals surface area contributed by atoms with Crippen LogP contribution in [0.25, 0.3) is 0 Å². The molecule has 1 aromatic carbocycles. The Labute approximate surface area is 131 Å². The van der Waals surface area contributed by atoms with E-state index >= 15 is 0 Å². The molecule has 0 radical (unpaired) electrons. The van der Waals surface area contributed by atoms with Crippen molar-refractivity contribution in [3.63, 3.8) is 0 Å². The van der Waals surface area contributed by atoms with Crippen LogP contribution in [-0.4, -0.2) is 15.7 Å². The van der Waals surface area contributed by atoms with E-state index < -0.39 is 17.6 Å². The van der Waals surface area contributed by atoms with Crippen molar-refractivity contribution < 1.29 is 18.0 Å². The van der Waals surface area contributed by atoms with Crippen molar-refractivity contribution in [2.45, 2.75) is 31.5 Å². The van der Waals surface area contributed by atoms with E-state index in [9.17, 15) is 18.0 Å². The van der Waals surface area contributed by atoms with Crippen molar-refractivity contribution in [3.8, 4) is 0 Å². The summed E-state index contributed by atoms with van der Waals surface area (Å²) in [5.41, 5.74) is 0.438. The van der Waals surface area contributed by atoms with Crippen LogP contribution in [0, 0.1) is 0 Å². The summed E-state index contributed by atoms with van der Waals surface area (Å²) in [6.45, 7) is 0.103. The quantitative estimate of drug-likeness (QED) is 0.939. The molecule has 1 aromatic heterocycles. The minimum absolute atomic E-state index is 0.103. The Kier molecular flexibility index (Phi) is 3.87. The van der Waals surface area contributed by atoms with Gasteiger partial charge in [0, 0.05) is 18.7 Å². The molecular weight excluding hydrogens is 307 g/mol. The summed E-state index contributed by atoms with van der Waals surface area (Å²) in [5.74, 6) is -0.237. The number of hydrogen-bond donors (Lipinski definition) is 1. The van der Waals surface area contributed by atoms with Gasteiger partial charge in [-0.3, -0.25) is 9.48 Å². The van der Waals surface area contributed by atoms with Gasteiger partial charge in [-0.25, -0.2) is 0 Å². The highest BCUT2D eigenvalue weighted by molar-refractivity contribution is 5.95. The van der Waals surface area contributed by atoms with Crippen molar-refractivity contribution in [2.24, 2.45) is 7.05 Å². The summed E-state index contributed by atoms with van der Waals surface area (Å²) in [4.78, 5) is 12.1. The van der Waals surface area contributed by atoms with Gasteiger partial charge in [-0.1, -0.05) is 12.1 Å². The molecule has 1 N–H and O–H groups in total. The lowest BCUT2D eigenvalue weighted by Gasteiger charge is -2.12. The number of aryl methyl sites for hydroxylation is 1. The van der Waals surface area contributed by atoms with Crippen LogP contribution in [0.15, 0.2) is 30.3 Å². The number of benzene rings is 1. The Hall–Kier alpha value is -2.31. The van der Waals surface area contributed by atoms with Crippen molar-refractivity contribution in [1.29, 1.82) is 0 Å². The van der Waals surface area contributed by atoms with E-state index in [2.05, 4.69) is 10.4 Å². The van der Waals surface area contributed by atoms with Crippen LogP contribution in [0.4, 0.5) is 13.2 Å². The standard InChI is InChI=1S/C16H16F3N3O/c1-22-14(10-6-7-10)8-11(21-22)9-20-15(23)12-4-2-3-5-13(12)16(17,18)19/h2-5,8,10H,6-7,9H2,1H3,(H,20,23). The molecular formula is C16H16F3N3O. The Morgan fingerprint density at radius 3 is 2.70 bits per heavy atom. The Balaban J connectivity index is 1.72. The van der Waals surface area contributed by atoms with E-state index in [0.717, 1.165) is 24.6 Å². The van der Waals surface area contributed by atoms with E-state index in [1.165, 1.54) is 18.2 Å². The van der Waals surface area contributed by atoms with Gasteiger partial charge in [0.1, 0.15) is 0 Å². The van der Waals surface area contributed by atoms with Crippen molar-refractivity contribution in [1.82, 2.24) is 15.1 Å². The number of amides is 1. The van der Waals surface area contributed by atoms with E-state index in [-0.39, 0.29) is 12.1 Å². The average Bonchev–Trinajstić information content (AvgIpc) is 3.27. The minimum Gasteiger partial charge on any atom is -0.346 e. The number of nitrogens with zero attached hydrogens (tertiary/aromatic N) is 2. The Bertz CT molecular complexity index is 732. The van der Waals surface area contributed by atoms with Crippen LogP contribution in [0.5, 0.6) is 0 Å². The molecule has 0 spiro atoms. The number of hydrogen-bond acceptors (Lipinski definition) is 2. The number of aromatic nitrogens is 2. The van der Waals surface area contributed by atoms with E-state index in [1.807, 2.05) is 13.1 Å². The van der Waals surface area contributed by atoms with Crippen LogP contribution in [0.3, 0.4) is 0 Å². The molecule has 7 heteroatoms. The van der Waals surface area contributed by atoms with E-state index in [4.69, 9.17) is 0 Å². The smallest absolute Gasteiger partial charge is 0.346 e. The van der Waals surface area contributed by atoms with Crippen LogP contribution in [0.2, 0.25) is 0 Å². The number of halogens is 3. The number of nitrogens with one attached hydrogen (secondary N) is 1. The van der Waals surface area contributed by atoms with Gasteiger partial charge in [-0.05, 0) is 31.0 Å². The predicted molar refractivity (Wildman–Crippen MR) is 77.8 cm³/mol. The van der Waals surface area contributed by atoms with Gasteiger partial charge in [0.15, 0.2) is 0 Å². The molecule has 1 amide bonds. The fourth-order valence-corrected chi connectivity index (χ4v) is 2.59. The molecule has 0 bridgehead atoms. The van der Waals surface area contributed by atoms with E-state index in [1.54, 1.807) is 4.68 Å². The summed E-state index contributed by atoms with van der Waals surface area (Å²) in [5, 5.41) is 6.80. The third-order valence-corrected chi connectivity index (χ3v) is 3.87. The molecule has 0 aliphatic heterocycles. The molecule has 4 nitrogen and oxygen atoms in total. The third-order valence-electron chi connectivity index (χ3n) is 3.87. The second-order valence-electron chi connectivity index (χ2n) is 5.68. The summed E-state index contributed by atoms with van der Waals surface area (Å²) in [7, 11) is 1.83. The second kappa shape index (κ2) is 5.72. The number of carbonyl (C=O) groups excluding carboxylic acids is 1. The molecule has 23 heavy (non-hydrogen) atoms. The first-order valence-electron chi connectivity index (χ1n) is 7.33. The monoisotopic (exact) mass is 323 g/mol. The Morgan fingerprint density at radius 2 is 2.04 bits per heavy atom. The molecule has 1 aliphatic rings.